The molecule has 132 valence electrons. The van der Waals surface area contributed by atoms with Crippen molar-refractivity contribution in [3.8, 4) is 17.3 Å². The summed E-state index contributed by atoms with van der Waals surface area (Å²) < 4.78 is 2.08. The van der Waals surface area contributed by atoms with Crippen LogP contribution in [0.3, 0.4) is 0 Å². The van der Waals surface area contributed by atoms with Crippen molar-refractivity contribution >= 4 is 16.8 Å². The first-order chi connectivity index (χ1) is 12.3. The van der Waals surface area contributed by atoms with Crippen LogP contribution in [-0.2, 0) is 11.5 Å². The molecule has 1 N–H and O–H groups in total. The fourth-order valence-corrected chi connectivity index (χ4v) is 3.05. The Bertz CT molecular complexity index is 1000. The quantitative estimate of drug-likeness (QED) is 0.779. The van der Waals surface area contributed by atoms with Gasteiger partial charge in [-0.05, 0) is 42.8 Å². The van der Waals surface area contributed by atoms with Crippen molar-refractivity contribution < 1.29 is 4.79 Å². The Hall–Kier alpha value is -3.13. The van der Waals surface area contributed by atoms with Crippen molar-refractivity contribution in [2.45, 2.75) is 34.4 Å². The number of hydrogen-bond donors (Lipinski definition) is 1. The number of nitrogens with one attached hydrogen (secondary N) is 1. The number of aryl methyl sites for hydroxylation is 1. The number of aromatic nitrogens is 2. The van der Waals surface area contributed by atoms with Crippen molar-refractivity contribution in [3.63, 3.8) is 0 Å². The topological polar surface area (TPSA) is 70.7 Å². The van der Waals surface area contributed by atoms with Crippen molar-refractivity contribution in [2.24, 2.45) is 5.41 Å². The molecule has 1 amide bonds. The molecule has 0 aliphatic rings. The molecule has 0 unspecified atom stereocenters. The molecular formula is C21H22N4O. The van der Waals surface area contributed by atoms with Gasteiger partial charge in [0.05, 0.1) is 29.5 Å². The summed E-state index contributed by atoms with van der Waals surface area (Å²) in [4.78, 5) is 16.6. The van der Waals surface area contributed by atoms with Crippen molar-refractivity contribution in [2.75, 3.05) is 0 Å². The zero-order valence-electron chi connectivity index (χ0n) is 15.5. The summed E-state index contributed by atoms with van der Waals surface area (Å²) >= 11 is 0. The van der Waals surface area contributed by atoms with Gasteiger partial charge >= 0.3 is 0 Å². The molecule has 5 nitrogen and oxygen atoms in total. The first kappa shape index (κ1) is 17.7. The number of nitrogens with zero attached hydrogens (tertiary/aromatic N) is 3. The molecule has 2 aromatic heterocycles. The Morgan fingerprint density at radius 3 is 2.69 bits per heavy atom. The molecule has 5 heteroatoms. The number of benzene rings is 1. The van der Waals surface area contributed by atoms with Gasteiger partial charge in [0.1, 0.15) is 0 Å². The zero-order chi connectivity index (χ0) is 18.9. The number of nitriles is 1. The van der Waals surface area contributed by atoms with E-state index in [9.17, 15) is 10.1 Å². The summed E-state index contributed by atoms with van der Waals surface area (Å²) in [6, 6.07) is 11.7. The lowest BCUT2D eigenvalue weighted by Gasteiger charge is -2.19. The van der Waals surface area contributed by atoms with Crippen LogP contribution in [-0.4, -0.2) is 15.5 Å². The minimum atomic E-state index is -0.458. The van der Waals surface area contributed by atoms with Crippen LogP contribution < -0.4 is 5.32 Å². The monoisotopic (exact) mass is 346 g/mol. The van der Waals surface area contributed by atoms with Gasteiger partial charge < -0.3 is 9.88 Å². The standard InChI is InChI=1S/C21H22N4O/c1-14-17-10-15(11-22)7-8-18(17)25(13-24-20(26)21(2,3)4)19(14)16-6-5-9-23-12-16/h5-10,12H,13H2,1-4H3,(H,24,26). The molecule has 0 fully saturated rings. The Morgan fingerprint density at radius 2 is 2.08 bits per heavy atom. The summed E-state index contributed by atoms with van der Waals surface area (Å²) in [5.41, 5.74) is 4.18. The molecule has 0 bridgehead atoms. The van der Waals surface area contributed by atoms with Gasteiger partial charge in [0.15, 0.2) is 0 Å². The fraction of sp³-hybridized carbons (Fsp3) is 0.286. The smallest absolute Gasteiger partial charge is 0.226 e. The van der Waals surface area contributed by atoms with E-state index in [1.807, 2.05) is 58.2 Å². The molecule has 0 saturated carbocycles. The molecule has 1 aromatic carbocycles. The summed E-state index contributed by atoms with van der Waals surface area (Å²) in [6.45, 7) is 8.07. The first-order valence-electron chi connectivity index (χ1n) is 8.54. The second kappa shape index (κ2) is 6.64. The maximum absolute atomic E-state index is 12.3. The van der Waals surface area contributed by atoms with Gasteiger partial charge in [-0.1, -0.05) is 20.8 Å². The maximum Gasteiger partial charge on any atom is 0.226 e. The third kappa shape index (κ3) is 3.18. The number of amides is 1. The average Bonchev–Trinajstić information content (AvgIpc) is 2.91. The lowest BCUT2D eigenvalue weighted by Crippen LogP contribution is -2.36. The van der Waals surface area contributed by atoms with Gasteiger partial charge in [-0.2, -0.15) is 5.26 Å². The number of fused-ring (bicyclic) bond motifs is 1. The predicted molar refractivity (Wildman–Crippen MR) is 102 cm³/mol. The van der Waals surface area contributed by atoms with E-state index in [0.29, 0.717) is 12.2 Å². The van der Waals surface area contributed by atoms with Crippen LogP contribution in [0.2, 0.25) is 0 Å². The Balaban J connectivity index is 2.16. The van der Waals surface area contributed by atoms with E-state index < -0.39 is 5.41 Å². The SMILES string of the molecule is Cc1c(-c2cccnc2)n(CNC(=O)C(C)(C)C)c2ccc(C#N)cc12. The van der Waals surface area contributed by atoms with Gasteiger partial charge in [0.25, 0.3) is 0 Å². The summed E-state index contributed by atoms with van der Waals surface area (Å²) in [5, 5.41) is 13.3. The third-order valence-electron chi connectivity index (χ3n) is 4.46. The van der Waals surface area contributed by atoms with E-state index in [-0.39, 0.29) is 5.91 Å². The summed E-state index contributed by atoms with van der Waals surface area (Å²) in [6.07, 6.45) is 3.55. The van der Waals surface area contributed by atoms with E-state index in [4.69, 9.17) is 0 Å². The molecule has 3 aromatic rings. The van der Waals surface area contributed by atoms with Crippen molar-refractivity contribution in [1.29, 1.82) is 5.26 Å². The van der Waals surface area contributed by atoms with Crippen LogP contribution in [0.5, 0.6) is 0 Å². The number of carbonyl (C=O) groups excluding carboxylic acids is 1. The van der Waals surface area contributed by atoms with Crippen LogP contribution in [0.4, 0.5) is 0 Å². The first-order valence-corrected chi connectivity index (χ1v) is 8.54. The van der Waals surface area contributed by atoms with Crippen LogP contribution in [0, 0.1) is 23.7 Å². The van der Waals surface area contributed by atoms with Crippen molar-refractivity contribution in [1.82, 2.24) is 14.9 Å². The predicted octanol–water partition coefficient (Wildman–Crippen LogP) is 4.00. The van der Waals surface area contributed by atoms with Gasteiger partial charge in [0, 0.05) is 28.8 Å². The minimum absolute atomic E-state index is 0.0113. The Kier molecular flexibility index (Phi) is 4.52. The van der Waals surface area contributed by atoms with Crippen LogP contribution in [0.15, 0.2) is 42.7 Å². The molecular weight excluding hydrogens is 324 g/mol. The lowest BCUT2D eigenvalue weighted by molar-refractivity contribution is -0.129. The second-order valence-corrected chi connectivity index (χ2v) is 7.40. The van der Waals surface area contributed by atoms with Gasteiger partial charge in [-0.15, -0.1) is 0 Å². The van der Waals surface area contributed by atoms with E-state index in [1.165, 1.54) is 0 Å². The highest BCUT2D eigenvalue weighted by Gasteiger charge is 2.22. The number of pyridine rings is 1. The average molecular weight is 346 g/mol. The largest absolute Gasteiger partial charge is 0.338 e. The highest BCUT2D eigenvalue weighted by molar-refractivity contribution is 5.92. The fourth-order valence-electron chi connectivity index (χ4n) is 3.05. The van der Waals surface area contributed by atoms with Gasteiger partial charge in [-0.25, -0.2) is 0 Å². The zero-order valence-corrected chi connectivity index (χ0v) is 15.5. The molecule has 0 radical (unpaired) electrons. The lowest BCUT2D eigenvalue weighted by atomic mass is 9.96. The van der Waals surface area contributed by atoms with E-state index in [1.54, 1.807) is 12.3 Å². The minimum Gasteiger partial charge on any atom is -0.338 e. The molecule has 26 heavy (non-hydrogen) atoms. The summed E-state index contributed by atoms with van der Waals surface area (Å²) in [5.74, 6) is -0.0113. The van der Waals surface area contributed by atoms with E-state index in [2.05, 4.69) is 20.9 Å². The van der Waals surface area contributed by atoms with Gasteiger partial charge in [-0.3, -0.25) is 9.78 Å². The normalized spacial score (nSPS) is 11.3. The maximum atomic E-state index is 12.3. The Labute approximate surface area is 153 Å². The van der Waals surface area contributed by atoms with E-state index >= 15 is 0 Å². The third-order valence-corrected chi connectivity index (χ3v) is 4.46. The molecule has 0 aliphatic carbocycles. The molecule has 2 heterocycles. The van der Waals surface area contributed by atoms with Crippen LogP contribution in [0.25, 0.3) is 22.2 Å². The van der Waals surface area contributed by atoms with Crippen LogP contribution in [0.1, 0.15) is 31.9 Å². The summed E-state index contributed by atoms with van der Waals surface area (Å²) in [7, 11) is 0. The molecule has 3 rings (SSSR count). The second-order valence-electron chi connectivity index (χ2n) is 7.40. The highest BCUT2D eigenvalue weighted by atomic mass is 16.2. The molecule has 0 saturated heterocycles. The van der Waals surface area contributed by atoms with E-state index in [0.717, 1.165) is 27.7 Å². The molecule has 0 atom stereocenters. The highest BCUT2D eigenvalue weighted by Crippen LogP contribution is 2.33. The number of hydrogen-bond acceptors (Lipinski definition) is 3. The number of rotatable bonds is 3. The van der Waals surface area contributed by atoms with Crippen molar-refractivity contribution in [3.05, 3.63) is 53.9 Å². The molecule has 0 aliphatic heterocycles. The van der Waals surface area contributed by atoms with Crippen LogP contribution >= 0.6 is 0 Å². The number of carbonyl (C=O) groups is 1. The molecule has 0 spiro atoms. The van der Waals surface area contributed by atoms with Gasteiger partial charge in [0.2, 0.25) is 5.91 Å². The Morgan fingerprint density at radius 1 is 1.31 bits per heavy atom.